The van der Waals surface area contributed by atoms with Crippen molar-refractivity contribution >= 4 is 50.0 Å². The Balaban J connectivity index is 0.000000704. The SMILES string of the molecule is CC.Clc1ccc2c3ccccc3n3c4ccccc4nc3c2c1. The average Bonchev–Trinajstić information content (AvgIpc) is 3.03. The fourth-order valence-electron chi connectivity index (χ4n) is 3.28. The van der Waals surface area contributed by atoms with Crippen LogP contribution in [0, 0.1) is 0 Å². The molecule has 2 heterocycles. The number of halogens is 1. The van der Waals surface area contributed by atoms with E-state index in [2.05, 4.69) is 40.8 Å². The minimum absolute atomic E-state index is 0.733. The molecule has 0 aliphatic carbocycles. The van der Waals surface area contributed by atoms with Crippen molar-refractivity contribution in [1.29, 1.82) is 0 Å². The molecule has 3 heteroatoms. The van der Waals surface area contributed by atoms with Gasteiger partial charge in [0.25, 0.3) is 0 Å². The molecule has 0 radical (unpaired) electrons. The summed E-state index contributed by atoms with van der Waals surface area (Å²) in [6.07, 6.45) is 0. The minimum Gasteiger partial charge on any atom is -0.292 e. The van der Waals surface area contributed by atoms with E-state index in [1.54, 1.807) is 0 Å². The molecule has 0 aliphatic heterocycles. The Morgan fingerprint density at radius 1 is 0.750 bits per heavy atom. The van der Waals surface area contributed by atoms with Gasteiger partial charge < -0.3 is 0 Å². The molecule has 0 saturated heterocycles. The first-order valence-corrected chi connectivity index (χ1v) is 8.58. The second-order valence-electron chi connectivity index (χ2n) is 5.47. The maximum absolute atomic E-state index is 6.23. The van der Waals surface area contributed by atoms with Crippen molar-refractivity contribution in [1.82, 2.24) is 9.38 Å². The molecule has 0 bridgehead atoms. The smallest absolute Gasteiger partial charge is 0.146 e. The van der Waals surface area contributed by atoms with Gasteiger partial charge in [0.2, 0.25) is 0 Å². The average molecular weight is 333 g/mol. The number of aromatic nitrogens is 2. The third kappa shape index (κ3) is 2.07. The van der Waals surface area contributed by atoms with Gasteiger partial charge in [0.15, 0.2) is 0 Å². The Morgan fingerprint density at radius 3 is 2.29 bits per heavy atom. The molecule has 0 fully saturated rings. The topological polar surface area (TPSA) is 17.3 Å². The molecule has 118 valence electrons. The normalized spacial score (nSPS) is 11.1. The van der Waals surface area contributed by atoms with Gasteiger partial charge in [-0.05, 0) is 35.7 Å². The Hall–Kier alpha value is -2.58. The molecule has 2 aromatic heterocycles. The van der Waals surface area contributed by atoms with E-state index in [1.165, 1.54) is 16.3 Å². The molecule has 3 aromatic carbocycles. The Labute approximate surface area is 145 Å². The highest BCUT2D eigenvalue weighted by Gasteiger charge is 2.13. The van der Waals surface area contributed by atoms with Gasteiger partial charge in [0.1, 0.15) is 5.65 Å². The number of pyridine rings is 1. The van der Waals surface area contributed by atoms with Crippen LogP contribution in [-0.2, 0) is 0 Å². The third-order valence-corrected chi connectivity index (χ3v) is 4.45. The van der Waals surface area contributed by atoms with Crippen LogP contribution in [0.15, 0.2) is 66.7 Å². The van der Waals surface area contributed by atoms with Crippen LogP contribution < -0.4 is 0 Å². The number of rotatable bonds is 0. The van der Waals surface area contributed by atoms with Gasteiger partial charge in [-0.1, -0.05) is 61.8 Å². The molecule has 0 saturated carbocycles. The van der Waals surface area contributed by atoms with Crippen molar-refractivity contribution in [3.8, 4) is 0 Å². The van der Waals surface area contributed by atoms with Crippen molar-refractivity contribution in [2.75, 3.05) is 0 Å². The van der Waals surface area contributed by atoms with Gasteiger partial charge in [-0.15, -0.1) is 0 Å². The van der Waals surface area contributed by atoms with Crippen molar-refractivity contribution in [2.24, 2.45) is 0 Å². The summed E-state index contributed by atoms with van der Waals surface area (Å²) < 4.78 is 2.23. The zero-order chi connectivity index (χ0) is 16.7. The van der Waals surface area contributed by atoms with Crippen LogP contribution in [0.25, 0.3) is 38.4 Å². The standard InChI is InChI=1S/C19H11ClN2.C2H6/c20-12-9-10-13-14-5-1-3-7-17(14)22-18-8-4-2-6-16(18)21-19(22)15(13)11-12;1-2/h1-11H;1-2H3. The zero-order valence-electron chi connectivity index (χ0n) is 13.6. The molecule has 0 aliphatic rings. The number of imidazole rings is 1. The van der Waals surface area contributed by atoms with Gasteiger partial charge in [-0.25, -0.2) is 4.98 Å². The van der Waals surface area contributed by atoms with Crippen LogP contribution in [0.3, 0.4) is 0 Å². The molecule has 5 rings (SSSR count). The number of nitrogens with zero attached hydrogens (tertiary/aromatic N) is 2. The molecule has 0 spiro atoms. The maximum atomic E-state index is 6.23. The van der Waals surface area contributed by atoms with Gasteiger partial charge in [0, 0.05) is 15.8 Å². The first-order valence-electron chi connectivity index (χ1n) is 8.20. The van der Waals surface area contributed by atoms with Gasteiger partial charge >= 0.3 is 0 Å². The predicted octanol–water partition coefficient (Wildman–Crippen LogP) is 6.47. The van der Waals surface area contributed by atoms with Crippen molar-refractivity contribution < 1.29 is 0 Å². The zero-order valence-corrected chi connectivity index (χ0v) is 14.4. The summed E-state index contributed by atoms with van der Waals surface area (Å²) in [7, 11) is 0. The fraction of sp³-hybridized carbons (Fsp3) is 0.0952. The monoisotopic (exact) mass is 332 g/mol. The molecular formula is C21H17ClN2. The summed E-state index contributed by atoms with van der Waals surface area (Å²) >= 11 is 6.23. The van der Waals surface area contributed by atoms with Crippen LogP contribution in [0.4, 0.5) is 0 Å². The lowest BCUT2D eigenvalue weighted by molar-refractivity contribution is 1.31. The minimum atomic E-state index is 0.733. The van der Waals surface area contributed by atoms with Gasteiger partial charge in [-0.3, -0.25) is 4.40 Å². The van der Waals surface area contributed by atoms with E-state index in [4.69, 9.17) is 16.6 Å². The van der Waals surface area contributed by atoms with Gasteiger partial charge in [0.05, 0.1) is 16.6 Å². The Bertz CT molecular complexity index is 1190. The second kappa shape index (κ2) is 5.81. The van der Waals surface area contributed by atoms with Crippen LogP contribution in [0.1, 0.15) is 13.8 Å². The van der Waals surface area contributed by atoms with E-state index in [1.807, 2.05) is 44.2 Å². The summed E-state index contributed by atoms with van der Waals surface area (Å²) in [4.78, 5) is 4.84. The van der Waals surface area contributed by atoms with E-state index in [0.717, 1.165) is 27.1 Å². The van der Waals surface area contributed by atoms with Crippen molar-refractivity contribution in [2.45, 2.75) is 13.8 Å². The van der Waals surface area contributed by atoms with Crippen LogP contribution in [-0.4, -0.2) is 9.38 Å². The lowest BCUT2D eigenvalue weighted by Gasteiger charge is -2.09. The fourth-order valence-corrected chi connectivity index (χ4v) is 3.46. The molecular weight excluding hydrogens is 316 g/mol. The number of para-hydroxylation sites is 3. The highest BCUT2D eigenvalue weighted by Crippen LogP contribution is 2.33. The first kappa shape index (κ1) is 15.0. The lowest BCUT2D eigenvalue weighted by atomic mass is 10.1. The molecule has 5 aromatic rings. The highest BCUT2D eigenvalue weighted by atomic mass is 35.5. The number of fused-ring (bicyclic) bond motifs is 8. The highest BCUT2D eigenvalue weighted by molar-refractivity contribution is 6.32. The van der Waals surface area contributed by atoms with Gasteiger partial charge in [-0.2, -0.15) is 0 Å². The molecule has 0 amide bonds. The van der Waals surface area contributed by atoms with E-state index < -0.39 is 0 Å². The van der Waals surface area contributed by atoms with E-state index >= 15 is 0 Å². The van der Waals surface area contributed by atoms with E-state index in [-0.39, 0.29) is 0 Å². The van der Waals surface area contributed by atoms with E-state index in [9.17, 15) is 0 Å². The largest absolute Gasteiger partial charge is 0.292 e. The second-order valence-corrected chi connectivity index (χ2v) is 5.90. The summed E-state index contributed by atoms with van der Waals surface area (Å²) in [5, 5.41) is 4.21. The Morgan fingerprint density at radius 2 is 1.46 bits per heavy atom. The van der Waals surface area contributed by atoms with E-state index in [0.29, 0.717) is 0 Å². The molecule has 2 nitrogen and oxygen atoms in total. The number of hydrogen-bond donors (Lipinski definition) is 0. The van der Waals surface area contributed by atoms with Crippen LogP contribution >= 0.6 is 11.6 Å². The maximum Gasteiger partial charge on any atom is 0.146 e. The van der Waals surface area contributed by atoms with Crippen molar-refractivity contribution in [3.63, 3.8) is 0 Å². The number of benzene rings is 3. The third-order valence-electron chi connectivity index (χ3n) is 4.22. The van der Waals surface area contributed by atoms with Crippen LogP contribution in [0.2, 0.25) is 5.02 Å². The Kier molecular flexibility index (Phi) is 3.62. The van der Waals surface area contributed by atoms with Crippen LogP contribution in [0.5, 0.6) is 0 Å². The summed E-state index contributed by atoms with van der Waals surface area (Å²) in [5.74, 6) is 0. The predicted molar refractivity (Wildman–Crippen MR) is 104 cm³/mol. The number of hydrogen-bond acceptors (Lipinski definition) is 1. The lowest BCUT2D eigenvalue weighted by Crippen LogP contribution is -1.91. The summed E-state index contributed by atoms with van der Waals surface area (Å²) in [6, 6.07) is 22.7. The quantitative estimate of drug-likeness (QED) is 0.297. The first-order chi connectivity index (χ1) is 11.8. The summed E-state index contributed by atoms with van der Waals surface area (Å²) in [6.45, 7) is 4.00. The molecule has 0 atom stereocenters. The molecule has 0 unspecified atom stereocenters. The molecule has 24 heavy (non-hydrogen) atoms. The molecule has 0 N–H and O–H groups in total. The van der Waals surface area contributed by atoms with Crippen molar-refractivity contribution in [3.05, 3.63) is 71.8 Å². The summed E-state index contributed by atoms with van der Waals surface area (Å²) in [5.41, 5.74) is 4.24.